The Labute approximate surface area is 107 Å². The van der Waals surface area contributed by atoms with E-state index in [1.807, 2.05) is 0 Å². The summed E-state index contributed by atoms with van der Waals surface area (Å²) in [6, 6.07) is 0.349. The molecule has 1 fully saturated rings. The van der Waals surface area contributed by atoms with Crippen molar-refractivity contribution in [2.24, 2.45) is 11.7 Å². The fourth-order valence-electron chi connectivity index (χ4n) is 2.36. The summed E-state index contributed by atoms with van der Waals surface area (Å²) in [5.41, 5.74) is 6.22. The van der Waals surface area contributed by atoms with Gasteiger partial charge in [-0.05, 0) is 18.9 Å². The van der Waals surface area contributed by atoms with Gasteiger partial charge in [-0.25, -0.2) is 0 Å². The number of nitrogens with two attached hydrogens (primary N) is 1. The largest absolute Gasteiger partial charge is 0.326 e. The van der Waals surface area contributed by atoms with Crippen LogP contribution in [0.1, 0.15) is 40.0 Å². The van der Waals surface area contributed by atoms with Gasteiger partial charge in [-0.1, -0.05) is 33.6 Å². The summed E-state index contributed by atoms with van der Waals surface area (Å²) in [6.45, 7) is 14.0. The second-order valence-corrected chi connectivity index (χ2v) is 5.55. The zero-order valence-electron chi connectivity index (χ0n) is 12.0. The van der Waals surface area contributed by atoms with Gasteiger partial charge >= 0.3 is 0 Å². The van der Waals surface area contributed by atoms with Gasteiger partial charge < -0.3 is 10.6 Å². The first kappa shape index (κ1) is 14.9. The Kier molecular flexibility index (Phi) is 7.09. The van der Waals surface area contributed by atoms with Crippen LogP contribution in [0.5, 0.6) is 0 Å². The van der Waals surface area contributed by atoms with Crippen LogP contribution >= 0.6 is 0 Å². The number of hydrogen-bond acceptors (Lipinski definition) is 3. The van der Waals surface area contributed by atoms with Crippen molar-refractivity contribution in [2.75, 3.05) is 39.3 Å². The molecule has 2 atom stereocenters. The fourth-order valence-corrected chi connectivity index (χ4v) is 2.36. The Morgan fingerprint density at radius 3 is 2.18 bits per heavy atom. The summed E-state index contributed by atoms with van der Waals surface area (Å²) in [4.78, 5) is 5.13. The zero-order valence-corrected chi connectivity index (χ0v) is 12.0. The molecule has 0 spiro atoms. The molecule has 1 rings (SSSR count). The lowest BCUT2D eigenvalue weighted by molar-refractivity contribution is 0.120. The van der Waals surface area contributed by atoms with Crippen LogP contribution in [0, 0.1) is 5.92 Å². The molecule has 0 saturated carbocycles. The molecule has 3 heteroatoms. The van der Waals surface area contributed by atoms with Crippen LogP contribution in [0.2, 0.25) is 0 Å². The van der Waals surface area contributed by atoms with Crippen molar-refractivity contribution in [2.45, 2.75) is 46.1 Å². The van der Waals surface area contributed by atoms with Gasteiger partial charge in [-0.15, -0.1) is 0 Å². The van der Waals surface area contributed by atoms with Crippen LogP contribution in [0.15, 0.2) is 0 Å². The average molecular weight is 241 g/mol. The van der Waals surface area contributed by atoms with E-state index in [1.54, 1.807) is 0 Å². The number of nitrogens with zero attached hydrogens (tertiary/aromatic N) is 2. The Bertz CT molecular complexity index is 188. The minimum absolute atomic E-state index is 0.349. The van der Waals surface area contributed by atoms with E-state index in [-0.39, 0.29) is 0 Å². The van der Waals surface area contributed by atoms with E-state index in [1.165, 1.54) is 52.0 Å². The molecule has 102 valence electrons. The second-order valence-electron chi connectivity index (χ2n) is 5.55. The third-order valence-corrected chi connectivity index (χ3v) is 4.14. The molecule has 0 aromatic heterocycles. The van der Waals surface area contributed by atoms with E-state index in [2.05, 4.69) is 30.6 Å². The van der Waals surface area contributed by atoms with Crippen molar-refractivity contribution < 1.29 is 0 Å². The second kappa shape index (κ2) is 8.06. The molecule has 0 radical (unpaired) electrons. The van der Waals surface area contributed by atoms with E-state index in [0.29, 0.717) is 12.0 Å². The predicted octanol–water partition coefficient (Wildman–Crippen LogP) is 1.78. The predicted molar refractivity (Wildman–Crippen MR) is 75.2 cm³/mol. The van der Waals surface area contributed by atoms with Crippen molar-refractivity contribution >= 4 is 0 Å². The minimum atomic E-state index is 0.349. The van der Waals surface area contributed by atoms with Gasteiger partial charge in [0.1, 0.15) is 0 Å². The topological polar surface area (TPSA) is 32.5 Å². The number of piperazine rings is 1. The van der Waals surface area contributed by atoms with Gasteiger partial charge in [0.2, 0.25) is 0 Å². The van der Waals surface area contributed by atoms with Crippen LogP contribution in [-0.2, 0) is 0 Å². The lowest BCUT2D eigenvalue weighted by Crippen LogP contribution is -2.51. The summed E-state index contributed by atoms with van der Waals surface area (Å²) < 4.78 is 0. The Morgan fingerprint density at radius 2 is 1.65 bits per heavy atom. The highest BCUT2D eigenvalue weighted by atomic mass is 15.3. The molecule has 1 aliphatic rings. The standard InChI is InChI=1S/C14H31N3/c1-4-6-7-16-8-10-17(11-9-16)12-14(15)13(3)5-2/h13-14H,4-12,15H2,1-3H3/t13-,14-/m0/s1. The molecule has 0 amide bonds. The molecule has 0 aliphatic carbocycles. The highest BCUT2D eigenvalue weighted by molar-refractivity contribution is 4.77. The zero-order chi connectivity index (χ0) is 12.7. The first-order valence-electron chi connectivity index (χ1n) is 7.37. The van der Waals surface area contributed by atoms with E-state index < -0.39 is 0 Å². The Hall–Kier alpha value is -0.120. The first-order chi connectivity index (χ1) is 8.17. The summed E-state index contributed by atoms with van der Waals surface area (Å²) in [5, 5.41) is 0. The van der Waals surface area contributed by atoms with Crippen molar-refractivity contribution in [1.29, 1.82) is 0 Å². The molecule has 17 heavy (non-hydrogen) atoms. The number of rotatable bonds is 7. The number of unbranched alkanes of at least 4 members (excludes halogenated alkanes) is 1. The molecule has 3 nitrogen and oxygen atoms in total. The lowest BCUT2D eigenvalue weighted by atomic mass is 9.99. The summed E-state index contributed by atoms with van der Waals surface area (Å²) in [7, 11) is 0. The number of hydrogen-bond donors (Lipinski definition) is 1. The fraction of sp³-hybridized carbons (Fsp3) is 1.00. The maximum absolute atomic E-state index is 6.22. The highest BCUT2D eigenvalue weighted by Crippen LogP contribution is 2.09. The summed E-state index contributed by atoms with van der Waals surface area (Å²) in [5.74, 6) is 0.646. The molecule has 0 aromatic carbocycles. The van der Waals surface area contributed by atoms with Crippen LogP contribution in [-0.4, -0.2) is 55.1 Å². The van der Waals surface area contributed by atoms with Crippen LogP contribution in [0.3, 0.4) is 0 Å². The minimum Gasteiger partial charge on any atom is -0.326 e. The molecule has 2 N–H and O–H groups in total. The van der Waals surface area contributed by atoms with E-state index >= 15 is 0 Å². The van der Waals surface area contributed by atoms with Crippen molar-refractivity contribution in [3.63, 3.8) is 0 Å². The van der Waals surface area contributed by atoms with Crippen LogP contribution in [0.25, 0.3) is 0 Å². The lowest BCUT2D eigenvalue weighted by Gasteiger charge is -2.36. The molecular formula is C14H31N3. The first-order valence-corrected chi connectivity index (χ1v) is 7.37. The molecule has 0 bridgehead atoms. The maximum atomic E-state index is 6.22. The molecule has 1 heterocycles. The van der Waals surface area contributed by atoms with E-state index in [4.69, 9.17) is 5.73 Å². The van der Waals surface area contributed by atoms with E-state index in [0.717, 1.165) is 6.54 Å². The average Bonchev–Trinajstić information content (AvgIpc) is 2.37. The summed E-state index contributed by atoms with van der Waals surface area (Å²) in [6.07, 6.45) is 3.84. The third kappa shape index (κ3) is 5.36. The molecule has 1 saturated heterocycles. The molecule has 0 aromatic rings. The van der Waals surface area contributed by atoms with Crippen LogP contribution in [0.4, 0.5) is 0 Å². The highest BCUT2D eigenvalue weighted by Gasteiger charge is 2.20. The third-order valence-electron chi connectivity index (χ3n) is 4.14. The molecule has 0 unspecified atom stereocenters. The van der Waals surface area contributed by atoms with Gasteiger partial charge in [0.25, 0.3) is 0 Å². The van der Waals surface area contributed by atoms with Gasteiger partial charge in [0.05, 0.1) is 0 Å². The van der Waals surface area contributed by atoms with Crippen LogP contribution < -0.4 is 5.73 Å². The van der Waals surface area contributed by atoms with Crippen molar-refractivity contribution in [3.8, 4) is 0 Å². The van der Waals surface area contributed by atoms with Gasteiger partial charge in [0.15, 0.2) is 0 Å². The monoisotopic (exact) mass is 241 g/mol. The summed E-state index contributed by atoms with van der Waals surface area (Å²) >= 11 is 0. The van der Waals surface area contributed by atoms with Gasteiger partial charge in [-0.3, -0.25) is 4.90 Å². The quantitative estimate of drug-likeness (QED) is 0.737. The Morgan fingerprint density at radius 1 is 1.06 bits per heavy atom. The van der Waals surface area contributed by atoms with E-state index in [9.17, 15) is 0 Å². The smallest absolute Gasteiger partial charge is 0.0193 e. The SMILES string of the molecule is CCCCN1CCN(C[C@H](N)[C@@H](C)CC)CC1. The van der Waals surface area contributed by atoms with Gasteiger partial charge in [0, 0.05) is 38.8 Å². The molecular weight excluding hydrogens is 210 g/mol. The maximum Gasteiger partial charge on any atom is 0.0193 e. The van der Waals surface area contributed by atoms with Gasteiger partial charge in [-0.2, -0.15) is 0 Å². The Balaban J connectivity index is 2.18. The van der Waals surface area contributed by atoms with Crippen molar-refractivity contribution in [1.82, 2.24) is 9.80 Å². The van der Waals surface area contributed by atoms with Crippen molar-refractivity contribution in [3.05, 3.63) is 0 Å². The normalized spacial score (nSPS) is 22.6. The molecule has 1 aliphatic heterocycles.